The summed E-state index contributed by atoms with van der Waals surface area (Å²) in [5, 5.41) is 21.8. The van der Waals surface area contributed by atoms with E-state index >= 15 is 0 Å². The summed E-state index contributed by atoms with van der Waals surface area (Å²) in [5.74, 6) is -0.411. The molecule has 0 radical (unpaired) electrons. The number of non-ortho nitro benzene ring substituents is 1. The second kappa shape index (κ2) is 9.95. The van der Waals surface area contributed by atoms with Gasteiger partial charge in [0.15, 0.2) is 11.5 Å². The van der Waals surface area contributed by atoms with E-state index in [0.29, 0.717) is 0 Å². The van der Waals surface area contributed by atoms with Crippen LogP contribution in [0.5, 0.6) is 11.5 Å². The van der Waals surface area contributed by atoms with Gasteiger partial charge in [-0.3, -0.25) is 24.5 Å². The van der Waals surface area contributed by atoms with Gasteiger partial charge in [-0.05, 0) is 42.5 Å². The van der Waals surface area contributed by atoms with Crippen molar-refractivity contribution in [2.75, 3.05) is 18.0 Å². The van der Waals surface area contributed by atoms with Crippen LogP contribution in [0.15, 0.2) is 77.7 Å². The number of para-hydroxylation sites is 1. The third kappa shape index (κ3) is 5.45. The zero-order valence-electron chi connectivity index (χ0n) is 17.6. The molecule has 3 rings (SSSR count). The molecule has 0 spiro atoms. The second-order valence-electron chi connectivity index (χ2n) is 6.71. The molecule has 0 aromatic heterocycles. The van der Waals surface area contributed by atoms with E-state index in [-0.39, 0.29) is 22.9 Å². The van der Waals surface area contributed by atoms with Gasteiger partial charge in [-0.25, -0.2) is 13.2 Å². The summed E-state index contributed by atoms with van der Waals surface area (Å²) in [4.78, 5) is 32.0. The number of carbonyl (C=O) groups is 1. The molecule has 0 unspecified atom stereocenters. The normalized spacial score (nSPS) is 10.9. The summed E-state index contributed by atoms with van der Waals surface area (Å²) in [6, 6.07) is 15.6. The molecule has 0 bridgehead atoms. The van der Waals surface area contributed by atoms with Gasteiger partial charge in [0.25, 0.3) is 21.4 Å². The smallest absolute Gasteiger partial charge is 0.349 e. The average molecular weight is 487 g/mol. The number of nitrogens with zero attached hydrogens (tertiary/aromatic N) is 3. The van der Waals surface area contributed by atoms with Gasteiger partial charge in [-0.2, -0.15) is 0 Å². The third-order valence-corrected chi connectivity index (χ3v) is 6.37. The molecule has 176 valence electrons. The Bertz CT molecular complexity index is 1320. The number of sulfonamides is 1. The minimum atomic E-state index is -4.21. The van der Waals surface area contributed by atoms with Crippen molar-refractivity contribution < 1.29 is 32.5 Å². The number of benzene rings is 3. The van der Waals surface area contributed by atoms with Crippen LogP contribution >= 0.6 is 0 Å². The molecule has 0 aliphatic rings. The first-order valence-corrected chi connectivity index (χ1v) is 10.9. The number of anilines is 1. The Morgan fingerprint density at radius 2 is 1.47 bits per heavy atom. The highest BCUT2D eigenvalue weighted by atomic mass is 32.2. The van der Waals surface area contributed by atoms with E-state index in [1.807, 2.05) is 0 Å². The zero-order chi connectivity index (χ0) is 24.9. The largest absolute Gasteiger partial charge is 0.482 e. The lowest BCUT2D eigenvalue weighted by atomic mass is 10.3. The summed E-state index contributed by atoms with van der Waals surface area (Å²) in [7, 11) is -2.96. The summed E-state index contributed by atoms with van der Waals surface area (Å²) in [6.45, 7) is -0.472. The maximum atomic E-state index is 12.9. The maximum Gasteiger partial charge on any atom is 0.349 e. The maximum absolute atomic E-state index is 12.9. The number of nitro groups is 2. The van der Waals surface area contributed by atoms with E-state index in [2.05, 4.69) is 0 Å². The lowest BCUT2D eigenvalue weighted by molar-refractivity contribution is -0.387. The minimum Gasteiger partial charge on any atom is -0.482 e. The average Bonchev–Trinajstić information content (AvgIpc) is 2.83. The first-order chi connectivity index (χ1) is 16.1. The van der Waals surface area contributed by atoms with E-state index in [1.165, 1.54) is 67.7 Å². The Morgan fingerprint density at radius 1 is 0.882 bits per heavy atom. The highest BCUT2D eigenvalue weighted by molar-refractivity contribution is 7.93. The van der Waals surface area contributed by atoms with Crippen LogP contribution in [0.3, 0.4) is 0 Å². The molecular weight excluding hydrogens is 470 g/mol. The van der Waals surface area contributed by atoms with Crippen LogP contribution in [0.4, 0.5) is 17.1 Å². The van der Waals surface area contributed by atoms with Crippen LogP contribution in [0.2, 0.25) is 0 Å². The van der Waals surface area contributed by atoms with Gasteiger partial charge in [0.1, 0.15) is 11.5 Å². The van der Waals surface area contributed by atoms with Gasteiger partial charge < -0.3 is 9.47 Å². The van der Waals surface area contributed by atoms with Crippen LogP contribution in [-0.4, -0.2) is 37.9 Å². The van der Waals surface area contributed by atoms with Gasteiger partial charge in [-0.1, -0.05) is 12.1 Å². The molecule has 13 heteroatoms. The predicted octanol–water partition coefficient (Wildman–Crippen LogP) is 3.31. The first kappa shape index (κ1) is 24.1. The first-order valence-electron chi connectivity index (χ1n) is 9.50. The van der Waals surface area contributed by atoms with Crippen LogP contribution in [-0.2, 0) is 14.8 Å². The summed E-state index contributed by atoms with van der Waals surface area (Å²) >= 11 is 0. The lowest BCUT2D eigenvalue weighted by Gasteiger charge is -2.19. The molecule has 0 fully saturated rings. The number of carbonyl (C=O) groups excluding carboxylic acids is 1. The zero-order valence-corrected chi connectivity index (χ0v) is 18.4. The number of rotatable bonds is 9. The number of hydrogen-bond acceptors (Lipinski definition) is 9. The van der Waals surface area contributed by atoms with E-state index in [4.69, 9.17) is 9.47 Å². The fourth-order valence-electron chi connectivity index (χ4n) is 2.80. The Morgan fingerprint density at radius 3 is 2.06 bits per heavy atom. The highest BCUT2D eigenvalue weighted by Gasteiger charge is 2.29. The fourth-order valence-corrected chi connectivity index (χ4v) is 4.16. The summed E-state index contributed by atoms with van der Waals surface area (Å²) < 4.78 is 37.0. The Balaban J connectivity index is 1.64. The highest BCUT2D eigenvalue weighted by Crippen LogP contribution is 2.29. The summed E-state index contributed by atoms with van der Waals surface area (Å²) in [6.07, 6.45) is 0. The molecule has 34 heavy (non-hydrogen) atoms. The number of esters is 1. The molecule has 0 N–H and O–H groups in total. The molecule has 0 saturated heterocycles. The minimum absolute atomic E-state index is 0.108. The molecule has 3 aromatic rings. The number of hydrogen-bond donors (Lipinski definition) is 0. The van der Waals surface area contributed by atoms with Crippen molar-refractivity contribution >= 4 is 33.1 Å². The van der Waals surface area contributed by atoms with Crippen LogP contribution in [0.1, 0.15) is 0 Å². The molecule has 0 amide bonds. The van der Waals surface area contributed by atoms with E-state index < -0.39 is 43.0 Å². The fraction of sp³-hybridized carbons (Fsp3) is 0.0952. The van der Waals surface area contributed by atoms with Crippen molar-refractivity contribution in [1.29, 1.82) is 0 Å². The van der Waals surface area contributed by atoms with Gasteiger partial charge in [0.2, 0.25) is 0 Å². The van der Waals surface area contributed by atoms with Gasteiger partial charge in [0, 0.05) is 25.2 Å². The van der Waals surface area contributed by atoms with Crippen LogP contribution in [0, 0.1) is 20.2 Å². The molecule has 0 atom stereocenters. The second-order valence-corrected chi connectivity index (χ2v) is 8.64. The Labute approximate surface area is 193 Å². The molecular formula is C21H17N3O9S. The van der Waals surface area contributed by atoms with Crippen LogP contribution < -0.4 is 13.8 Å². The molecule has 0 saturated carbocycles. The Hall–Kier alpha value is -4.52. The quantitative estimate of drug-likeness (QED) is 0.191. The van der Waals surface area contributed by atoms with E-state index in [0.717, 1.165) is 16.4 Å². The lowest BCUT2D eigenvalue weighted by Crippen LogP contribution is -2.27. The third-order valence-electron chi connectivity index (χ3n) is 4.54. The van der Waals surface area contributed by atoms with Crippen LogP contribution in [0.25, 0.3) is 0 Å². The number of ether oxygens (including phenoxy) is 2. The van der Waals surface area contributed by atoms with E-state index in [9.17, 15) is 33.4 Å². The molecule has 12 nitrogen and oxygen atoms in total. The van der Waals surface area contributed by atoms with Gasteiger partial charge in [-0.15, -0.1) is 0 Å². The van der Waals surface area contributed by atoms with Crippen molar-refractivity contribution in [3.8, 4) is 11.5 Å². The molecule has 0 heterocycles. The monoisotopic (exact) mass is 487 g/mol. The molecule has 0 aliphatic carbocycles. The van der Waals surface area contributed by atoms with Crippen molar-refractivity contribution in [3.63, 3.8) is 0 Å². The number of nitro benzene ring substituents is 2. The molecule has 0 aliphatic heterocycles. The molecule has 3 aromatic carbocycles. The summed E-state index contributed by atoms with van der Waals surface area (Å²) in [5.41, 5.74) is -0.482. The van der Waals surface area contributed by atoms with Gasteiger partial charge >= 0.3 is 5.97 Å². The van der Waals surface area contributed by atoms with Crippen molar-refractivity contribution in [2.24, 2.45) is 0 Å². The Kier molecular flexibility index (Phi) is 7.06. The van der Waals surface area contributed by atoms with Crippen molar-refractivity contribution in [3.05, 3.63) is 93.0 Å². The standard InChI is InChI=1S/C21H17N3O9S/c1-22(34(30,31)20-5-3-2-4-19(20)24(28)29)15-6-10-17(11-7-15)32-14-21(25)33-18-12-8-16(9-13-18)23(26)27/h2-13H,14H2,1H3. The predicted molar refractivity (Wildman–Crippen MR) is 119 cm³/mol. The SMILES string of the molecule is CN(c1ccc(OCC(=O)Oc2ccc([N+](=O)[O-])cc2)cc1)S(=O)(=O)c1ccccc1[N+](=O)[O-]. The van der Waals surface area contributed by atoms with E-state index in [1.54, 1.807) is 0 Å². The van der Waals surface area contributed by atoms with Gasteiger partial charge in [0.05, 0.1) is 15.5 Å². The van der Waals surface area contributed by atoms with Crippen molar-refractivity contribution in [2.45, 2.75) is 4.90 Å². The van der Waals surface area contributed by atoms with Crippen molar-refractivity contribution in [1.82, 2.24) is 0 Å². The topological polar surface area (TPSA) is 159 Å².